The second kappa shape index (κ2) is 5.35. The van der Waals surface area contributed by atoms with E-state index in [1.165, 1.54) is 5.56 Å². The number of alkyl halides is 2. The van der Waals surface area contributed by atoms with E-state index in [4.69, 9.17) is 0 Å². The van der Waals surface area contributed by atoms with Gasteiger partial charge in [-0.2, -0.15) is 0 Å². The van der Waals surface area contributed by atoms with Crippen LogP contribution in [-0.2, 0) is 5.92 Å². The average molecular weight is 253 g/mol. The first kappa shape index (κ1) is 13.5. The van der Waals surface area contributed by atoms with Crippen molar-refractivity contribution in [2.75, 3.05) is 13.1 Å². The molecule has 1 nitrogen and oxygen atoms in total. The first-order chi connectivity index (χ1) is 8.49. The van der Waals surface area contributed by atoms with Gasteiger partial charge in [0.2, 0.25) is 0 Å². The Bertz CT molecular complexity index is 378. The Kier molecular flexibility index (Phi) is 4.00. The molecule has 0 radical (unpaired) electrons. The molecule has 0 aliphatic carbocycles. The number of nitrogens with one attached hydrogen (secondary N) is 1. The number of hydrogen-bond acceptors (Lipinski definition) is 1. The van der Waals surface area contributed by atoms with Crippen molar-refractivity contribution in [3.63, 3.8) is 0 Å². The highest BCUT2D eigenvalue weighted by Gasteiger charge is 2.32. The lowest BCUT2D eigenvalue weighted by molar-refractivity contribution is -0.0249. The van der Waals surface area contributed by atoms with Crippen LogP contribution in [0.25, 0.3) is 0 Å². The summed E-state index contributed by atoms with van der Waals surface area (Å²) in [5.74, 6) is -2.22. The maximum Gasteiger partial charge on any atom is 0.273 e. The molecule has 0 bridgehead atoms. The molecule has 1 aromatic rings. The zero-order chi connectivity index (χ0) is 13.2. The van der Waals surface area contributed by atoms with Crippen molar-refractivity contribution in [1.82, 2.24) is 5.32 Å². The molecule has 1 atom stereocenters. The predicted molar refractivity (Wildman–Crippen MR) is 70.0 cm³/mol. The molecule has 1 unspecified atom stereocenters. The molecule has 0 aromatic heterocycles. The molecule has 1 fully saturated rings. The third kappa shape index (κ3) is 3.08. The molecule has 1 aromatic carbocycles. The van der Waals surface area contributed by atoms with Gasteiger partial charge in [0, 0.05) is 18.5 Å². The van der Waals surface area contributed by atoms with E-state index in [1.807, 2.05) is 26.0 Å². The molecule has 3 heteroatoms. The van der Waals surface area contributed by atoms with Gasteiger partial charge >= 0.3 is 0 Å². The maximum absolute atomic E-state index is 13.9. The van der Waals surface area contributed by atoms with Gasteiger partial charge < -0.3 is 5.32 Å². The van der Waals surface area contributed by atoms with E-state index in [0.717, 1.165) is 19.5 Å². The lowest BCUT2D eigenvalue weighted by Gasteiger charge is -2.19. The fourth-order valence-corrected chi connectivity index (χ4v) is 2.57. The third-order valence-electron chi connectivity index (χ3n) is 3.53. The van der Waals surface area contributed by atoms with Crippen LogP contribution in [0, 0.1) is 5.92 Å². The van der Waals surface area contributed by atoms with Gasteiger partial charge in [0.05, 0.1) is 0 Å². The Morgan fingerprint density at radius 1 is 1.28 bits per heavy atom. The van der Waals surface area contributed by atoms with Gasteiger partial charge in [-0.1, -0.05) is 38.1 Å². The van der Waals surface area contributed by atoms with Crippen LogP contribution in [0.5, 0.6) is 0 Å². The number of rotatable bonds is 4. The van der Waals surface area contributed by atoms with Gasteiger partial charge in [0.15, 0.2) is 0 Å². The zero-order valence-corrected chi connectivity index (χ0v) is 11.0. The molecule has 1 heterocycles. The molecule has 18 heavy (non-hydrogen) atoms. The van der Waals surface area contributed by atoms with Crippen molar-refractivity contribution in [1.29, 1.82) is 0 Å². The molecule has 0 spiro atoms. The molecule has 1 aliphatic rings. The van der Waals surface area contributed by atoms with Crippen molar-refractivity contribution in [3.05, 3.63) is 35.4 Å². The summed E-state index contributed by atoms with van der Waals surface area (Å²) in [5.41, 5.74) is 1.31. The van der Waals surface area contributed by atoms with Crippen LogP contribution in [0.4, 0.5) is 8.78 Å². The summed E-state index contributed by atoms with van der Waals surface area (Å²) in [6, 6.07) is 6.91. The lowest BCUT2D eigenvalue weighted by atomic mass is 9.94. The molecule has 1 N–H and O–H groups in total. The quantitative estimate of drug-likeness (QED) is 0.858. The van der Waals surface area contributed by atoms with Crippen molar-refractivity contribution in [2.24, 2.45) is 5.92 Å². The van der Waals surface area contributed by atoms with Crippen LogP contribution in [0.3, 0.4) is 0 Å². The number of hydrogen-bond donors (Lipinski definition) is 1. The zero-order valence-electron chi connectivity index (χ0n) is 11.0. The molecular formula is C15H21F2N. The number of halogens is 2. The smallest absolute Gasteiger partial charge is 0.273 e. The highest BCUT2D eigenvalue weighted by molar-refractivity contribution is 5.29. The summed E-state index contributed by atoms with van der Waals surface area (Å²) in [4.78, 5) is 0. The van der Waals surface area contributed by atoms with E-state index in [-0.39, 0.29) is 17.9 Å². The van der Waals surface area contributed by atoms with Gasteiger partial charge in [-0.15, -0.1) is 0 Å². The Balaban J connectivity index is 2.11. The van der Waals surface area contributed by atoms with Crippen LogP contribution < -0.4 is 5.32 Å². The van der Waals surface area contributed by atoms with E-state index < -0.39 is 5.92 Å². The highest BCUT2D eigenvalue weighted by atomic mass is 19.3. The fourth-order valence-electron chi connectivity index (χ4n) is 2.57. The molecule has 0 saturated carbocycles. The monoisotopic (exact) mass is 253 g/mol. The second-order valence-electron chi connectivity index (χ2n) is 5.61. The predicted octanol–water partition coefficient (Wildman–Crippen LogP) is 3.90. The normalized spacial score (nSPS) is 20.6. The summed E-state index contributed by atoms with van der Waals surface area (Å²) >= 11 is 0. The van der Waals surface area contributed by atoms with Gasteiger partial charge in [-0.3, -0.25) is 0 Å². The minimum absolute atomic E-state index is 0.00120. The lowest BCUT2D eigenvalue weighted by Crippen LogP contribution is -2.16. The van der Waals surface area contributed by atoms with Crippen LogP contribution >= 0.6 is 0 Å². The minimum atomic E-state index is -2.71. The van der Waals surface area contributed by atoms with Crippen LogP contribution in [0.1, 0.15) is 43.7 Å². The highest BCUT2D eigenvalue weighted by Crippen LogP contribution is 2.35. The molecular weight excluding hydrogens is 232 g/mol. The van der Waals surface area contributed by atoms with E-state index in [2.05, 4.69) is 5.32 Å². The van der Waals surface area contributed by atoms with Crippen molar-refractivity contribution in [2.45, 2.75) is 38.5 Å². The minimum Gasteiger partial charge on any atom is -0.316 e. The summed E-state index contributed by atoms with van der Waals surface area (Å²) in [5, 5.41) is 3.29. The first-order valence-electron chi connectivity index (χ1n) is 6.68. The second-order valence-corrected chi connectivity index (χ2v) is 5.61. The Morgan fingerprint density at radius 3 is 2.44 bits per heavy atom. The topological polar surface area (TPSA) is 12.0 Å². The van der Waals surface area contributed by atoms with Crippen LogP contribution in [-0.4, -0.2) is 13.1 Å². The Hall–Kier alpha value is -0.960. The average Bonchev–Trinajstić information content (AvgIpc) is 2.81. The van der Waals surface area contributed by atoms with E-state index in [1.54, 1.807) is 12.1 Å². The summed E-state index contributed by atoms with van der Waals surface area (Å²) < 4.78 is 27.8. The van der Waals surface area contributed by atoms with Gasteiger partial charge in [0.25, 0.3) is 5.92 Å². The first-order valence-corrected chi connectivity index (χ1v) is 6.68. The SMILES string of the molecule is CC(C)CC(F)(F)c1ccc(C2CCNC2)cc1. The Morgan fingerprint density at radius 2 is 1.94 bits per heavy atom. The number of benzene rings is 1. The van der Waals surface area contributed by atoms with Crippen molar-refractivity contribution < 1.29 is 8.78 Å². The summed E-state index contributed by atoms with van der Waals surface area (Å²) in [6.07, 6.45) is 1.01. The molecule has 0 amide bonds. The third-order valence-corrected chi connectivity index (χ3v) is 3.53. The van der Waals surface area contributed by atoms with Crippen LogP contribution in [0.2, 0.25) is 0 Å². The van der Waals surface area contributed by atoms with Gasteiger partial charge in [-0.05, 0) is 30.4 Å². The van der Waals surface area contributed by atoms with E-state index in [9.17, 15) is 8.78 Å². The maximum atomic E-state index is 13.9. The van der Waals surface area contributed by atoms with Gasteiger partial charge in [-0.25, -0.2) is 8.78 Å². The molecule has 1 aliphatic heterocycles. The summed E-state index contributed by atoms with van der Waals surface area (Å²) in [7, 11) is 0. The molecule has 1 saturated heterocycles. The van der Waals surface area contributed by atoms with Crippen molar-refractivity contribution in [3.8, 4) is 0 Å². The standard InChI is InChI=1S/C15H21F2N/c1-11(2)9-15(16,17)14-5-3-12(4-6-14)13-7-8-18-10-13/h3-6,11,13,18H,7-10H2,1-2H3. The van der Waals surface area contributed by atoms with Crippen LogP contribution in [0.15, 0.2) is 24.3 Å². The Labute approximate surface area is 108 Å². The van der Waals surface area contributed by atoms with E-state index >= 15 is 0 Å². The van der Waals surface area contributed by atoms with E-state index in [0.29, 0.717) is 5.92 Å². The molecule has 100 valence electrons. The summed E-state index contributed by atoms with van der Waals surface area (Å²) in [6.45, 7) is 5.64. The largest absolute Gasteiger partial charge is 0.316 e. The fraction of sp³-hybridized carbons (Fsp3) is 0.600. The van der Waals surface area contributed by atoms with Crippen molar-refractivity contribution >= 4 is 0 Å². The van der Waals surface area contributed by atoms with Gasteiger partial charge in [0.1, 0.15) is 0 Å². The molecule has 2 rings (SSSR count).